The molecule has 0 aromatic heterocycles. The van der Waals surface area contributed by atoms with Crippen molar-refractivity contribution in [2.24, 2.45) is 0 Å². The van der Waals surface area contributed by atoms with Crippen LogP contribution in [-0.2, 0) is 0 Å². The van der Waals surface area contributed by atoms with Crippen molar-refractivity contribution < 1.29 is 5.11 Å². The molecule has 2 aromatic carbocycles. The summed E-state index contributed by atoms with van der Waals surface area (Å²) in [5, 5.41) is 13.2. The van der Waals surface area contributed by atoms with E-state index in [-0.39, 0.29) is 11.8 Å². The summed E-state index contributed by atoms with van der Waals surface area (Å²) in [6.07, 6.45) is 0. The zero-order valence-corrected chi connectivity index (χ0v) is 12.8. The Morgan fingerprint density at radius 1 is 0.950 bits per heavy atom. The first kappa shape index (κ1) is 14.7. The summed E-state index contributed by atoms with van der Waals surface area (Å²) in [6.45, 7) is 6.48. The normalized spacial score (nSPS) is 12.4. The number of nitrogens with one attached hydrogen (secondary N) is 1. The van der Waals surface area contributed by atoms with Crippen molar-refractivity contribution in [2.45, 2.75) is 32.7 Å². The fraction of sp³-hybridized carbons (Fsp3) is 0.294. The van der Waals surface area contributed by atoms with Gasteiger partial charge >= 0.3 is 0 Å². The van der Waals surface area contributed by atoms with Crippen LogP contribution in [-0.4, -0.2) is 5.11 Å². The highest BCUT2D eigenvalue weighted by Gasteiger charge is 2.07. The molecular formula is C17H20ClNO. The first-order chi connectivity index (χ1) is 9.47. The second kappa shape index (κ2) is 6.19. The summed E-state index contributed by atoms with van der Waals surface area (Å²) < 4.78 is 0. The highest BCUT2D eigenvalue weighted by molar-refractivity contribution is 6.32. The number of phenols is 1. The van der Waals surface area contributed by atoms with Crippen LogP contribution in [0.15, 0.2) is 42.5 Å². The Balaban J connectivity index is 2.10. The fourth-order valence-corrected chi connectivity index (χ4v) is 2.28. The summed E-state index contributed by atoms with van der Waals surface area (Å²) in [5.74, 6) is 0.648. The van der Waals surface area contributed by atoms with E-state index in [0.29, 0.717) is 10.9 Å². The molecule has 0 heterocycles. The van der Waals surface area contributed by atoms with Gasteiger partial charge in [-0.2, -0.15) is 0 Å². The lowest BCUT2D eigenvalue weighted by Gasteiger charge is -2.17. The molecule has 0 saturated heterocycles. The van der Waals surface area contributed by atoms with Crippen molar-refractivity contribution >= 4 is 17.3 Å². The largest absolute Gasteiger partial charge is 0.506 e. The van der Waals surface area contributed by atoms with E-state index >= 15 is 0 Å². The lowest BCUT2D eigenvalue weighted by Crippen LogP contribution is -2.06. The summed E-state index contributed by atoms with van der Waals surface area (Å²) in [7, 11) is 0. The van der Waals surface area contributed by atoms with Gasteiger partial charge in [-0.3, -0.25) is 0 Å². The summed E-state index contributed by atoms with van der Waals surface area (Å²) in [4.78, 5) is 0. The molecule has 2 nitrogen and oxygen atoms in total. The van der Waals surface area contributed by atoms with Gasteiger partial charge in [-0.25, -0.2) is 0 Å². The van der Waals surface area contributed by atoms with E-state index in [0.717, 1.165) is 5.69 Å². The maximum atomic E-state index is 9.42. The monoisotopic (exact) mass is 289 g/mol. The number of anilines is 1. The number of rotatable bonds is 4. The van der Waals surface area contributed by atoms with Crippen LogP contribution in [0.4, 0.5) is 5.69 Å². The Labute approximate surface area is 125 Å². The highest BCUT2D eigenvalue weighted by atomic mass is 35.5. The number of hydrogen-bond donors (Lipinski definition) is 2. The number of benzene rings is 2. The molecule has 0 amide bonds. The van der Waals surface area contributed by atoms with Gasteiger partial charge in [0.2, 0.25) is 0 Å². The zero-order valence-electron chi connectivity index (χ0n) is 12.0. The maximum absolute atomic E-state index is 9.42. The summed E-state index contributed by atoms with van der Waals surface area (Å²) >= 11 is 5.91. The van der Waals surface area contributed by atoms with E-state index in [2.05, 4.69) is 50.4 Å². The predicted octanol–water partition coefficient (Wildman–Crippen LogP) is 5.34. The van der Waals surface area contributed by atoms with Gasteiger partial charge in [-0.1, -0.05) is 49.7 Å². The average molecular weight is 290 g/mol. The third kappa shape index (κ3) is 3.45. The molecule has 0 aliphatic heterocycles. The molecule has 0 aliphatic carbocycles. The molecule has 0 saturated carbocycles. The van der Waals surface area contributed by atoms with E-state index in [9.17, 15) is 5.11 Å². The smallest absolute Gasteiger partial charge is 0.134 e. The lowest BCUT2D eigenvalue weighted by atomic mass is 9.99. The second-order valence-corrected chi connectivity index (χ2v) is 5.76. The van der Waals surface area contributed by atoms with Crippen LogP contribution in [0.25, 0.3) is 0 Å². The Morgan fingerprint density at radius 2 is 1.55 bits per heavy atom. The molecule has 2 aromatic rings. The Morgan fingerprint density at radius 3 is 2.10 bits per heavy atom. The molecule has 0 aliphatic rings. The third-order valence-corrected chi connectivity index (χ3v) is 3.74. The zero-order chi connectivity index (χ0) is 14.7. The topological polar surface area (TPSA) is 32.3 Å². The predicted molar refractivity (Wildman–Crippen MR) is 85.7 cm³/mol. The van der Waals surface area contributed by atoms with Crippen LogP contribution in [0.2, 0.25) is 5.02 Å². The first-order valence-electron chi connectivity index (χ1n) is 6.82. The van der Waals surface area contributed by atoms with Gasteiger partial charge in [-0.15, -0.1) is 0 Å². The summed E-state index contributed by atoms with van der Waals surface area (Å²) in [6, 6.07) is 14.0. The first-order valence-corrected chi connectivity index (χ1v) is 7.20. The molecular weight excluding hydrogens is 270 g/mol. The molecule has 0 spiro atoms. The van der Waals surface area contributed by atoms with Gasteiger partial charge in [0.1, 0.15) is 5.75 Å². The average Bonchev–Trinajstić information content (AvgIpc) is 2.43. The van der Waals surface area contributed by atoms with Gasteiger partial charge in [0.15, 0.2) is 0 Å². The molecule has 1 unspecified atom stereocenters. The van der Waals surface area contributed by atoms with Gasteiger partial charge in [0.25, 0.3) is 0 Å². The number of halogens is 1. The van der Waals surface area contributed by atoms with Crippen molar-refractivity contribution in [3.8, 4) is 5.75 Å². The molecule has 106 valence electrons. The van der Waals surface area contributed by atoms with Crippen LogP contribution >= 0.6 is 11.6 Å². The van der Waals surface area contributed by atoms with Gasteiger partial charge in [-0.05, 0) is 42.2 Å². The Bertz CT molecular complexity index is 578. The van der Waals surface area contributed by atoms with E-state index in [1.54, 1.807) is 12.1 Å². The van der Waals surface area contributed by atoms with E-state index in [4.69, 9.17) is 11.6 Å². The highest BCUT2D eigenvalue weighted by Crippen LogP contribution is 2.28. The fourth-order valence-electron chi connectivity index (χ4n) is 2.10. The summed E-state index contributed by atoms with van der Waals surface area (Å²) in [5.41, 5.74) is 3.46. The maximum Gasteiger partial charge on any atom is 0.134 e. The molecule has 2 N–H and O–H groups in total. The number of hydrogen-bond acceptors (Lipinski definition) is 2. The number of aromatic hydroxyl groups is 1. The molecule has 0 bridgehead atoms. The van der Waals surface area contributed by atoms with Crippen LogP contribution in [0.3, 0.4) is 0 Å². The SMILES string of the molecule is CC(C)c1ccc(C(C)Nc2ccc(O)c(Cl)c2)cc1. The van der Waals surface area contributed by atoms with Gasteiger partial charge in [0, 0.05) is 11.7 Å². The molecule has 20 heavy (non-hydrogen) atoms. The molecule has 1 atom stereocenters. The van der Waals surface area contributed by atoms with Crippen molar-refractivity contribution in [1.29, 1.82) is 0 Å². The van der Waals surface area contributed by atoms with Crippen LogP contribution in [0.5, 0.6) is 5.75 Å². The Hall–Kier alpha value is -1.67. The molecule has 0 fully saturated rings. The standard InChI is InChI=1S/C17H20ClNO/c1-11(2)13-4-6-14(7-5-13)12(3)19-15-8-9-17(20)16(18)10-15/h4-12,19-20H,1-3H3. The van der Waals surface area contributed by atoms with E-state index in [1.807, 2.05) is 6.07 Å². The Kier molecular flexibility index (Phi) is 4.56. The number of phenolic OH excluding ortho intramolecular Hbond substituents is 1. The quantitative estimate of drug-likeness (QED) is 0.744. The minimum atomic E-state index is 0.103. The van der Waals surface area contributed by atoms with Crippen molar-refractivity contribution in [3.05, 3.63) is 58.6 Å². The lowest BCUT2D eigenvalue weighted by molar-refractivity contribution is 0.475. The van der Waals surface area contributed by atoms with Crippen LogP contribution < -0.4 is 5.32 Å². The van der Waals surface area contributed by atoms with Crippen molar-refractivity contribution in [1.82, 2.24) is 0 Å². The molecule has 3 heteroatoms. The van der Waals surface area contributed by atoms with Gasteiger partial charge < -0.3 is 10.4 Å². The molecule has 0 radical (unpaired) electrons. The van der Waals surface area contributed by atoms with Crippen LogP contribution in [0.1, 0.15) is 43.9 Å². The van der Waals surface area contributed by atoms with E-state index in [1.165, 1.54) is 11.1 Å². The van der Waals surface area contributed by atoms with Crippen molar-refractivity contribution in [2.75, 3.05) is 5.32 Å². The van der Waals surface area contributed by atoms with Crippen LogP contribution in [0, 0.1) is 0 Å². The van der Waals surface area contributed by atoms with Crippen molar-refractivity contribution in [3.63, 3.8) is 0 Å². The minimum Gasteiger partial charge on any atom is -0.506 e. The minimum absolute atomic E-state index is 0.103. The third-order valence-electron chi connectivity index (χ3n) is 3.43. The second-order valence-electron chi connectivity index (χ2n) is 5.35. The molecule has 2 rings (SSSR count). The van der Waals surface area contributed by atoms with Gasteiger partial charge in [0.05, 0.1) is 5.02 Å². The van der Waals surface area contributed by atoms with E-state index < -0.39 is 0 Å².